The molecule has 2 aromatic heterocycles. The molecule has 3 rings (SSSR count). The molecule has 0 unspecified atom stereocenters. The second-order valence-electron chi connectivity index (χ2n) is 5.81. The number of nitriles is 1. The summed E-state index contributed by atoms with van der Waals surface area (Å²) in [7, 11) is 1.74. The van der Waals surface area contributed by atoms with Crippen LogP contribution in [0, 0.1) is 11.3 Å². The van der Waals surface area contributed by atoms with Crippen molar-refractivity contribution in [1.29, 1.82) is 5.26 Å². The zero-order valence-corrected chi connectivity index (χ0v) is 14.8. The van der Waals surface area contributed by atoms with Crippen molar-refractivity contribution >= 4 is 27.5 Å². The van der Waals surface area contributed by atoms with Crippen molar-refractivity contribution in [2.45, 2.75) is 37.3 Å². The van der Waals surface area contributed by atoms with Crippen molar-refractivity contribution in [2.24, 2.45) is 7.05 Å². The topological polar surface area (TPSA) is 67.4 Å². The molecule has 2 aromatic rings. The fraction of sp³-hybridized carbons (Fsp3) is 0.467. The van der Waals surface area contributed by atoms with E-state index in [9.17, 15) is 5.26 Å². The molecule has 23 heavy (non-hydrogen) atoms. The van der Waals surface area contributed by atoms with E-state index in [0.717, 1.165) is 5.56 Å². The molecular weight excluding hydrogens is 385 g/mol. The van der Waals surface area contributed by atoms with E-state index in [4.69, 9.17) is 11.6 Å². The number of pyridine rings is 1. The minimum Gasteiger partial charge on any atom is -0.318 e. The van der Waals surface area contributed by atoms with Crippen molar-refractivity contribution in [1.82, 2.24) is 19.7 Å². The molecule has 0 aliphatic heterocycles. The lowest BCUT2D eigenvalue weighted by Crippen LogP contribution is -2.30. The third-order valence-electron chi connectivity index (χ3n) is 4.40. The summed E-state index contributed by atoms with van der Waals surface area (Å²) in [5.74, 6) is 0.381. The van der Waals surface area contributed by atoms with Crippen molar-refractivity contribution in [3.63, 3.8) is 0 Å². The van der Waals surface area contributed by atoms with Gasteiger partial charge < -0.3 is 4.57 Å². The predicted octanol–water partition coefficient (Wildman–Crippen LogP) is 4.02. The molecule has 5 nitrogen and oxygen atoms in total. The first-order valence-electron chi connectivity index (χ1n) is 7.24. The largest absolute Gasteiger partial charge is 0.318 e. The highest BCUT2D eigenvalue weighted by Gasteiger charge is 2.41. The molecule has 1 aliphatic rings. The quantitative estimate of drug-likeness (QED) is 0.717. The molecule has 0 aromatic carbocycles. The monoisotopic (exact) mass is 397 g/mol. The van der Waals surface area contributed by atoms with E-state index in [1.54, 1.807) is 17.7 Å². The summed E-state index contributed by atoms with van der Waals surface area (Å²) < 4.78 is 17.3. The summed E-state index contributed by atoms with van der Waals surface area (Å²) in [6.07, 6.45) is 3.32. The van der Waals surface area contributed by atoms with Crippen LogP contribution < -0.4 is 0 Å². The summed E-state index contributed by atoms with van der Waals surface area (Å²) in [6, 6.07) is 3.81. The lowest BCUT2D eigenvalue weighted by Gasteiger charge is -2.33. The van der Waals surface area contributed by atoms with Gasteiger partial charge in [0.15, 0.2) is 11.5 Å². The average Bonchev–Trinajstić information content (AvgIpc) is 2.95. The fourth-order valence-corrected chi connectivity index (χ4v) is 4.11. The first-order valence-corrected chi connectivity index (χ1v) is 8.41. The Bertz CT molecular complexity index is 777. The van der Waals surface area contributed by atoms with Crippen LogP contribution in [0.5, 0.6) is 0 Å². The maximum Gasteiger partial charge on any atom is 0.170 e. The molecule has 0 N–H and O–H groups in total. The molecule has 0 radical (unpaired) electrons. The predicted molar refractivity (Wildman–Crippen MR) is 86.7 cm³/mol. The first-order chi connectivity index (χ1) is 10.9. The molecule has 1 saturated carbocycles. The third kappa shape index (κ3) is 2.98. The van der Waals surface area contributed by atoms with Gasteiger partial charge in [-0.1, -0.05) is 11.6 Å². The number of hydrogen-bond acceptors (Lipinski definition) is 4. The van der Waals surface area contributed by atoms with Crippen molar-refractivity contribution in [3.05, 3.63) is 39.1 Å². The summed E-state index contributed by atoms with van der Waals surface area (Å²) in [6.45, 7) is 0. The van der Waals surface area contributed by atoms with Crippen LogP contribution in [0.3, 0.4) is 0 Å². The minimum absolute atomic E-state index is 0.0230. The van der Waals surface area contributed by atoms with E-state index in [0.29, 0.717) is 46.8 Å². The zero-order chi connectivity index (χ0) is 16.6. The highest BCUT2D eigenvalue weighted by molar-refractivity contribution is 9.10. The number of alkyl halides is 1. The molecule has 0 spiro atoms. The normalized spacial score (nSPS) is 24.4. The molecule has 1 fully saturated rings. The van der Waals surface area contributed by atoms with Crippen LogP contribution in [-0.4, -0.2) is 19.7 Å². The number of rotatable bonds is 2. The van der Waals surface area contributed by atoms with Crippen LogP contribution in [0.1, 0.15) is 48.6 Å². The second kappa shape index (κ2) is 6.17. The zero-order valence-electron chi connectivity index (χ0n) is 12.4. The minimum atomic E-state index is -1.48. The van der Waals surface area contributed by atoms with E-state index in [1.165, 1.54) is 6.33 Å². The molecule has 0 amide bonds. The molecule has 8 heteroatoms. The Labute approximate surface area is 146 Å². The van der Waals surface area contributed by atoms with Gasteiger partial charge in [-0.25, -0.2) is 9.37 Å². The summed E-state index contributed by atoms with van der Waals surface area (Å²) in [5, 5.41) is 17.3. The lowest BCUT2D eigenvalue weighted by molar-refractivity contribution is 0.0831. The highest BCUT2D eigenvalue weighted by Crippen LogP contribution is 2.47. The van der Waals surface area contributed by atoms with E-state index < -0.39 is 5.67 Å². The van der Waals surface area contributed by atoms with Crippen LogP contribution in [0.4, 0.5) is 4.39 Å². The number of nitrogens with zero attached hydrogens (tertiary/aromatic N) is 5. The average molecular weight is 399 g/mol. The Balaban J connectivity index is 1.86. The number of hydrogen-bond donors (Lipinski definition) is 0. The Morgan fingerprint density at radius 1 is 1.48 bits per heavy atom. The van der Waals surface area contributed by atoms with Crippen LogP contribution >= 0.6 is 27.5 Å². The van der Waals surface area contributed by atoms with Crippen LogP contribution in [0.25, 0.3) is 0 Å². The van der Waals surface area contributed by atoms with Gasteiger partial charge in [-0.2, -0.15) is 5.26 Å². The molecular formula is C15H14BrClFN5. The number of aromatic nitrogens is 4. The number of aryl methyl sites for hydroxylation is 1. The highest BCUT2D eigenvalue weighted by atomic mass is 79.9. The molecule has 2 heterocycles. The SMILES string of the molecule is Cn1cnnc1C1(F)CCC(c2c(C#N)cc(Br)nc2Cl)CC1. The smallest absolute Gasteiger partial charge is 0.170 e. The van der Waals surface area contributed by atoms with Gasteiger partial charge in [0.2, 0.25) is 0 Å². The van der Waals surface area contributed by atoms with Gasteiger partial charge in [0.1, 0.15) is 16.1 Å². The Morgan fingerprint density at radius 3 is 2.74 bits per heavy atom. The van der Waals surface area contributed by atoms with Crippen molar-refractivity contribution in [2.75, 3.05) is 0 Å². The van der Waals surface area contributed by atoms with Gasteiger partial charge >= 0.3 is 0 Å². The standard InChI is InChI=1S/C15H14BrClFN5/c1-23-8-20-22-14(23)15(18)4-2-9(3-5-15)12-10(7-19)6-11(16)21-13(12)17/h6,8-9H,2-5H2,1H3. The Morgan fingerprint density at radius 2 is 2.17 bits per heavy atom. The van der Waals surface area contributed by atoms with Crippen LogP contribution in [0.15, 0.2) is 17.0 Å². The molecule has 1 aliphatic carbocycles. The Hall–Kier alpha value is -1.52. The molecule has 120 valence electrons. The van der Waals surface area contributed by atoms with Gasteiger partial charge in [0.05, 0.1) is 11.6 Å². The van der Waals surface area contributed by atoms with Gasteiger partial charge in [0.25, 0.3) is 0 Å². The van der Waals surface area contributed by atoms with Gasteiger partial charge in [-0.3, -0.25) is 0 Å². The van der Waals surface area contributed by atoms with E-state index in [1.807, 2.05) is 0 Å². The maximum atomic E-state index is 15.2. The lowest BCUT2D eigenvalue weighted by atomic mass is 9.76. The number of halogens is 3. The van der Waals surface area contributed by atoms with E-state index in [2.05, 4.69) is 37.2 Å². The Kier molecular flexibility index (Phi) is 4.39. The van der Waals surface area contributed by atoms with Gasteiger partial charge in [0, 0.05) is 12.6 Å². The fourth-order valence-electron chi connectivity index (χ4n) is 3.25. The summed E-state index contributed by atoms with van der Waals surface area (Å²) in [4.78, 5) is 4.17. The summed E-state index contributed by atoms with van der Waals surface area (Å²) >= 11 is 9.47. The first kappa shape index (κ1) is 16.3. The van der Waals surface area contributed by atoms with Crippen LogP contribution in [-0.2, 0) is 12.7 Å². The van der Waals surface area contributed by atoms with Crippen LogP contribution in [0.2, 0.25) is 5.15 Å². The van der Waals surface area contributed by atoms with Gasteiger partial charge in [-0.15, -0.1) is 10.2 Å². The molecule has 0 atom stereocenters. The van der Waals surface area contributed by atoms with Crippen molar-refractivity contribution in [3.8, 4) is 6.07 Å². The van der Waals surface area contributed by atoms with E-state index >= 15 is 4.39 Å². The summed E-state index contributed by atoms with van der Waals surface area (Å²) in [5.41, 5.74) is -0.270. The maximum absolute atomic E-state index is 15.2. The molecule has 0 saturated heterocycles. The van der Waals surface area contributed by atoms with Crippen molar-refractivity contribution < 1.29 is 4.39 Å². The second-order valence-corrected chi connectivity index (χ2v) is 6.98. The molecule has 0 bridgehead atoms. The third-order valence-corrected chi connectivity index (χ3v) is 5.09. The van der Waals surface area contributed by atoms with Gasteiger partial charge in [-0.05, 0) is 53.6 Å². The van der Waals surface area contributed by atoms with E-state index in [-0.39, 0.29) is 5.92 Å².